The summed E-state index contributed by atoms with van der Waals surface area (Å²) in [6, 6.07) is 27.8. The van der Waals surface area contributed by atoms with Gasteiger partial charge in [-0.15, -0.1) is 0 Å². The van der Waals surface area contributed by atoms with Crippen molar-refractivity contribution in [3.05, 3.63) is 113 Å². The van der Waals surface area contributed by atoms with Gasteiger partial charge in [-0.2, -0.15) is 0 Å². The summed E-state index contributed by atoms with van der Waals surface area (Å²) in [4.78, 5) is 13.0. The molecule has 2 nitrogen and oxygen atoms in total. The molecule has 0 bridgehead atoms. The average molecular weight is 336 g/mol. The lowest BCUT2D eigenvalue weighted by molar-refractivity contribution is -0.111. The third kappa shape index (κ3) is 2.02. The van der Waals surface area contributed by atoms with Gasteiger partial charge in [-0.05, 0) is 23.8 Å². The molecule has 5 rings (SSSR count). The first-order chi connectivity index (χ1) is 12.8. The van der Waals surface area contributed by atoms with Crippen molar-refractivity contribution in [2.75, 3.05) is 0 Å². The van der Waals surface area contributed by atoms with Crippen molar-refractivity contribution in [2.45, 2.75) is 5.60 Å². The second-order valence-corrected chi connectivity index (χ2v) is 6.53. The molecule has 0 saturated heterocycles. The lowest BCUT2D eigenvalue weighted by atomic mass is 9.78. The Balaban J connectivity index is 1.81. The van der Waals surface area contributed by atoms with Gasteiger partial charge >= 0.3 is 0 Å². The Hall–Kier alpha value is -3.39. The van der Waals surface area contributed by atoms with Gasteiger partial charge in [-0.3, -0.25) is 4.79 Å². The molecule has 2 heteroatoms. The molecule has 0 spiro atoms. The molecule has 1 aliphatic heterocycles. The fourth-order valence-electron chi connectivity index (χ4n) is 3.87. The summed E-state index contributed by atoms with van der Waals surface area (Å²) in [7, 11) is 0. The van der Waals surface area contributed by atoms with Crippen LogP contribution in [0.15, 0.2) is 96.6 Å². The number of ether oxygens (including phenoxy) is 1. The molecule has 2 aliphatic rings. The second kappa shape index (κ2) is 5.57. The van der Waals surface area contributed by atoms with E-state index in [1.807, 2.05) is 91.0 Å². The van der Waals surface area contributed by atoms with E-state index < -0.39 is 5.60 Å². The Morgan fingerprint density at radius 1 is 0.654 bits per heavy atom. The van der Waals surface area contributed by atoms with Crippen LogP contribution in [0.25, 0.3) is 11.6 Å². The van der Waals surface area contributed by atoms with Crippen LogP contribution in [0.2, 0.25) is 0 Å². The highest BCUT2D eigenvalue weighted by Gasteiger charge is 2.51. The number of para-hydroxylation sites is 1. The second-order valence-electron chi connectivity index (χ2n) is 6.53. The lowest BCUT2D eigenvalue weighted by Gasteiger charge is -2.38. The standard InChI is InChI=1S/C24H16O2/c25-22-16-20(17-9-3-1-4-10-17)24(19-12-5-2-6-13-19)21(22)15-18-11-7-8-14-23(18)26-24/h1-16H. The van der Waals surface area contributed by atoms with E-state index in [1.54, 1.807) is 6.08 Å². The maximum Gasteiger partial charge on any atom is 0.189 e. The predicted octanol–water partition coefficient (Wildman–Crippen LogP) is 5.02. The summed E-state index contributed by atoms with van der Waals surface area (Å²) in [6.45, 7) is 0. The molecule has 0 saturated carbocycles. The average Bonchev–Trinajstić information content (AvgIpc) is 3.00. The summed E-state index contributed by atoms with van der Waals surface area (Å²) in [6.07, 6.45) is 3.70. The topological polar surface area (TPSA) is 26.3 Å². The van der Waals surface area contributed by atoms with Crippen molar-refractivity contribution in [1.29, 1.82) is 0 Å². The first-order valence-electron chi connectivity index (χ1n) is 8.67. The van der Waals surface area contributed by atoms with E-state index in [1.165, 1.54) is 0 Å². The number of hydrogen-bond donors (Lipinski definition) is 0. The fraction of sp³-hybridized carbons (Fsp3) is 0.0417. The van der Waals surface area contributed by atoms with Crippen LogP contribution in [0.4, 0.5) is 0 Å². The number of carbonyl (C=O) groups excluding carboxylic acids is 1. The minimum atomic E-state index is -0.909. The van der Waals surface area contributed by atoms with Gasteiger partial charge in [0.25, 0.3) is 0 Å². The third-order valence-electron chi connectivity index (χ3n) is 5.05. The van der Waals surface area contributed by atoms with Gasteiger partial charge in [-0.1, -0.05) is 78.9 Å². The molecular weight excluding hydrogens is 320 g/mol. The maximum atomic E-state index is 13.0. The first kappa shape index (κ1) is 14.9. The summed E-state index contributed by atoms with van der Waals surface area (Å²) >= 11 is 0. The van der Waals surface area contributed by atoms with E-state index in [4.69, 9.17) is 4.74 Å². The number of hydrogen-bond acceptors (Lipinski definition) is 2. The van der Waals surface area contributed by atoms with Gasteiger partial charge in [0.1, 0.15) is 5.75 Å². The largest absolute Gasteiger partial charge is 0.472 e. The van der Waals surface area contributed by atoms with E-state index in [9.17, 15) is 4.79 Å². The summed E-state index contributed by atoms with van der Waals surface area (Å²) in [5, 5.41) is 0. The monoisotopic (exact) mass is 336 g/mol. The Morgan fingerprint density at radius 2 is 1.31 bits per heavy atom. The van der Waals surface area contributed by atoms with Gasteiger partial charge in [0.2, 0.25) is 0 Å². The van der Waals surface area contributed by atoms with Crippen LogP contribution in [0.1, 0.15) is 16.7 Å². The zero-order chi connectivity index (χ0) is 17.6. The summed E-state index contributed by atoms with van der Waals surface area (Å²) in [5.41, 5.74) is 3.53. The molecule has 1 aliphatic carbocycles. The third-order valence-corrected chi connectivity index (χ3v) is 5.05. The normalized spacial score (nSPS) is 20.5. The number of carbonyl (C=O) groups is 1. The number of fused-ring (bicyclic) bond motifs is 2. The molecule has 0 amide bonds. The summed E-state index contributed by atoms with van der Waals surface area (Å²) in [5.74, 6) is 0.791. The molecule has 124 valence electrons. The van der Waals surface area contributed by atoms with Gasteiger partial charge in [0.15, 0.2) is 11.4 Å². The van der Waals surface area contributed by atoms with Gasteiger partial charge < -0.3 is 4.74 Å². The van der Waals surface area contributed by atoms with E-state index >= 15 is 0 Å². The molecule has 1 unspecified atom stereocenters. The van der Waals surface area contributed by atoms with Crippen molar-refractivity contribution in [3.8, 4) is 5.75 Å². The van der Waals surface area contributed by atoms with Crippen LogP contribution in [-0.2, 0) is 10.4 Å². The minimum absolute atomic E-state index is 0.00205. The van der Waals surface area contributed by atoms with Crippen LogP contribution in [-0.4, -0.2) is 5.78 Å². The van der Waals surface area contributed by atoms with Crippen molar-refractivity contribution < 1.29 is 9.53 Å². The molecule has 3 aromatic rings. The zero-order valence-corrected chi connectivity index (χ0v) is 14.1. The Labute approximate surface area is 152 Å². The Bertz CT molecular complexity index is 1060. The molecule has 1 atom stereocenters. The molecule has 0 fully saturated rings. The highest BCUT2D eigenvalue weighted by Crippen LogP contribution is 2.53. The molecule has 3 aromatic carbocycles. The van der Waals surface area contributed by atoms with Crippen molar-refractivity contribution in [2.24, 2.45) is 0 Å². The van der Waals surface area contributed by atoms with Crippen LogP contribution in [0.5, 0.6) is 5.75 Å². The van der Waals surface area contributed by atoms with Crippen LogP contribution in [0, 0.1) is 0 Å². The first-order valence-corrected chi connectivity index (χ1v) is 8.67. The quantitative estimate of drug-likeness (QED) is 0.656. The molecule has 0 N–H and O–H groups in total. The van der Waals surface area contributed by atoms with Crippen LogP contribution >= 0.6 is 0 Å². The van der Waals surface area contributed by atoms with E-state index in [-0.39, 0.29) is 5.78 Å². The Morgan fingerprint density at radius 3 is 2.08 bits per heavy atom. The van der Waals surface area contributed by atoms with Gasteiger partial charge in [0.05, 0.1) is 5.57 Å². The van der Waals surface area contributed by atoms with Crippen molar-refractivity contribution in [3.63, 3.8) is 0 Å². The molecule has 0 aromatic heterocycles. The van der Waals surface area contributed by atoms with Crippen LogP contribution < -0.4 is 4.74 Å². The summed E-state index contributed by atoms with van der Waals surface area (Å²) < 4.78 is 6.61. The van der Waals surface area contributed by atoms with Crippen molar-refractivity contribution >= 4 is 17.4 Å². The highest BCUT2D eigenvalue weighted by atomic mass is 16.5. The van der Waals surface area contributed by atoms with Gasteiger partial charge in [0, 0.05) is 16.7 Å². The maximum absolute atomic E-state index is 13.0. The Kier molecular flexibility index (Phi) is 3.19. The van der Waals surface area contributed by atoms with E-state index in [0.717, 1.165) is 28.0 Å². The lowest BCUT2D eigenvalue weighted by Crippen LogP contribution is -2.37. The molecule has 1 heterocycles. The number of ketones is 1. The molecule has 0 radical (unpaired) electrons. The van der Waals surface area contributed by atoms with E-state index in [2.05, 4.69) is 0 Å². The predicted molar refractivity (Wildman–Crippen MR) is 103 cm³/mol. The smallest absolute Gasteiger partial charge is 0.189 e. The van der Waals surface area contributed by atoms with E-state index in [0.29, 0.717) is 5.57 Å². The fourth-order valence-corrected chi connectivity index (χ4v) is 3.87. The SMILES string of the molecule is O=C1C=C(c2ccccc2)C2(c3ccccc3)Oc3ccccc3C=C12. The van der Waals surface area contributed by atoms with Gasteiger partial charge in [-0.25, -0.2) is 0 Å². The number of rotatable bonds is 2. The zero-order valence-electron chi connectivity index (χ0n) is 14.1. The minimum Gasteiger partial charge on any atom is -0.472 e. The molecular formula is C24H16O2. The van der Waals surface area contributed by atoms with Crippen LogP contribution in [0.3, 0.4) is 0 Å². The number of benzene rings is 3. The molecule has 26 heavy (non-hydrogen) atoms. The number of allylic oxidation sites excluding steroid dienone is 1. The highest BCUT2D eigenvalue weighted by molar-refractivity contribution is 6.20. The van der Waals surface area contributed by atoms with Crippen molar-refractivity contribution in [1.82, 2.24) is 0 Å².